The molecule has 0 spiro atoms. The summed E-state index contributed by atoms with van der Waals surface area (Å²) in [4.78, 5) is 17.2. The third kappa shape index (κ3) is 4.50. The molecule has 2 aromatic carbocycles. The van der Waals surface area contributed by atoms with E-state index in [1.54, 1.807) is 22.7 Å². The number of fused-ring (bicyclic) bond motifs is 1. The predicted molar refractivity (Wildman–Crippen MR) is 141 cm³/mol. The number of aryl methyl sites for hydroxylation is 1. The SMILES string of the molecule is COc1cccc(-n2nc(C(C)C)cc2NC(=O)Nc2ccc(-c3cncc4c3cnn4C)cc2)c1. The highest BCUT2D eigenvalue weighted by molar-refractivity contribution is 6.00. The van der Waals surface area contributed by atoms with Crippen molar-refractivity contribution in [3.05, 3.63) is 78.9 Å². The largest absolute Gasteiger partial charge is 0.497 e. The topological polar surface area (TPSA) is 98.9 Å². The fraction of sp³-hybridized carbons (Fsp3) is 0.185. The highest BCUT2D eigenvalue weighted by Gasteiger charge is 2.15. The van der Waals surface area contributed by atoms with E-state index in [4.69, 9.17) is 9.84 Å². The number of nitrogens with one attached hydrogen (secondary N) is 2. The van der Waals surface area contributed by atoms with E-state index in [0.29, 0.717) is 17.3 Å². The Labute approximate surface area is 208 Å². The van der Waals surface area contributed by atoms with Crippen LogP contribution in [0, 0.1) is 0 Å². The lowest BCUT2D eigenvalue weighted by atomic mass is 10.0. The minimum atomic E-state index is -0.363. The Morgan fingerprint density at radius 2 is 1.81 bits per heavy atom. The van der Waals surface area contributed by atoms with E-state index in [1.165, 1.54) is 0 Å². The molecule has 0 radical (unpaired) electrons. The Bertz CT molecular complexity index is 1530. The third-order valence-electron chi connectivity index (χ3n) is 5.99. The highest BCUT2D eigenvalue weighted by Crippen LogP contribution is 2.29. The quantitative estimate of drug-likeness (QED) is 0.329. The highest BCUT2D eigenvalue weighted by atomic mass is 16.5. The lowest BCUT2D eigenvalue weighted by Gasteiger charge is -2.11. The Morgan fingerprint density at radius 3 is 2.56 bits per heavy atom. The number of hydrogen-bond donors (Lipinski definition) is 2. The molecular formula is C27H27N7O2. The summed E-state index contributed by atoms with van der Waals surface area (Å²) < 4.78 is 8.86. The van der Waals surface area contributed by atoms with Gasteiger partial charge in [-0.2, -0.15) is 10.2 Å². The van der Waals surface area contributed by atoms with E-state index in [-0.39, 0.29) is 11.9 Å². The van der Waals surface area contributed by atoms with Gasteiger partial charge in [-0.25, -0.2) is 9.48 Å². The van der Waals surface area contributed by atoms with Gasteiger partial charge in [0.25, 0.3) is 0 Å². The van der Waals surface area contributed by atoms with Crippen LogP contribution in [0.1, 0.15) is 25.5 Å². The first-order chi connectivity index (χ1) is 17.4. The predicted octanol–water partition coefficient (Wildman–Crippen LogP) is 5.60. The van der Waals surface area contributed by atoms with Gasteiger partial charge in [-0.15, -0.1) is 0 Å². The standard InChI is InChI=1S/C27H27N7O2/c1-17(2)24-13-26(34(32-24)20-6-5-7-21(12-20)36-4)31-27(35)30-19-10-8-18(9-11-19)22-14-28-16-25-23(22)15-29-33(25)3/h5-17H,1-4H3,(H2,30,31,35). The van der Waals surface area contributed by atoms with Gasteiger partial charge in [0.2, 0.25) is 0 Å². The first-order valence-electron chi connectivity index (χ1n) is 11.6. The zero-order chi connectivity index (χ0) is 25.2. The number of amides is 2. The molecule has 3 aromatic heterocycles. The number of hydrogen-bond acceptors (Lipinski definition) is 5. The first-order valence-corrected chi connectivity index (χ1v) is 11.6. The van der Waals surface area contributed by atoms with Gasteiger partial charge in [-0.3, -0.25) is 15.0 Å². The van der Waals surface area contributed by atoms with Gasteiger partial charge in [-0.05, 0) is 35.7 Å². The fourth-order valence-corrected chi connectivity index (χ4v) is 4.01. The summed E-state index contributed by atoms with van der Waals surface area (Å²) in [6, 6.07) is 16.7. The number of anilines is 2. The molecule has 0 atom stereocenters. The van der Waals surface area contributed by atoms with Crippen molar-refractivity contribution in [3.63, 3.8) is 0 Å². The summed E-state index contributed by atoms with van der Waals surface area (Å²) in [7, 11) is 3.51. The monoisotopic (exact) mass is 481 g/mol. The van der Waals surface area contributed by atoms with Crippen molar-refractivity contribution in [2.75, 3.05) is 17.7 Å². The normalized spacial score (nSPS) is 11.1. The van der Waals surface area contributed by atoms with E-state index in [0.717, 1.165) is 33.4 Å². The van der Waals surface area contributed by atoms with E-state index in [9.17, 15) is 4.79 Å². The maximum Gasteiger partial charge on any atom is 0.324 e. The molecule has 0 aliphatic heterocycles. The van der Waals surface area contributed by atoms with Crippen molar-refractivity contribution in [1.29, 1.82) is 0 Å². The van der Waals surface area contributed by atoms with Crippen LogP contribution in [0.15, 0.2) is 73.2 Å². The second-order valence-electron chi connectivity index (χ2n) is 8.77. The molecule has 182 valence electrons. The maximum absolute atomic E-state index is 12.9. The molecule has 0 aliphatic carbocycles. The molecule has 36 heavy (non-hydrogen) atoms. The molecule has 0 bridgehead atoms. The van der Waals surface area contributed by atoms with Crippen LogP contribution in [0.4, 0.5) is 16.3 Å². The minimum Gasteiger partial charge on any atom is -0.497 e. The lowest BCUT2D eigenvalue weighted by molar-refractivity contribution is 0.262. The van der Waals surface area contributed by atoms with Crippen molar-refractivity contribution in [2.45, 2.75) is 19.8 Å². The van der Waals surface area contributed by atoms with Crippen molar-refractivity contribution in [3.8, 4) is 22.6 Å². The first kappa shape index (κ1) is 23.1. The molecule has 0 saturated carbocycles. The van der Waals surface area contributed by atoms with Crippen LogP contribution in [-0.2, 0) is 7.05 Å². The van der Waals surface area contributed by atoms with Gasteiger partial charge in [0.15, 0.2) is 0 Å². The second kappa shape index (κ2) is 9.53. The van der Waals surface area contributed by atoms with Crippen molar-refractivity contribution < 1.29 is 9.53 Å². The molecule has 0 aliphatic rings. The Balaban J connectivity index is 1.35. The van der Waals surface area contributed by atoms with Crippen molar-refractivity contribution in [1.82, 2.24) is 24.5 Å². The van der Waals surface area contributed by atoms with Gasteiger partial charge in [0.05, 0.1) is 36.4 Å². The molecule has 9 nitrogen and oxygen atoms in total. The zero-order valence-electron chi connectivity index (χ0n) is 20.6. The molecule has 9 heteroatoms. The van der Waals surface area contributed by atoms with Crippen LogP contribution in [0.3, 0.4) is 0 Å². The van der Waals surface area contributed by atoms with Gasteiger partial charge < -0.3 is 10.1 Å². The van der Waals surface area contributed by atoms with Crippen LogP contribution in [-0.4, -0.2) is 37.7 Å². The Kier molecular flexibility index (Phi) is 6.12. The van der Waals surface area contributed by atoms with Gasteiger partial charge >= 0.3 is 6.03 Å². The van der Waals surface area contributed by atoms with Crippen LogP contribution < -0.4 is 15.4 Å². The van der Waals surface area contributed by atoms with E-state index in [1.807, 2.05) is 74.0 Å². The maximum atomic E-state index is 12.9. The average molecular weight is 482 g/mol. The molecule has 3 heterocycles. The summed E-state index contributed by atoms with van der Waals surface area (Å²) >= 11 is 0. The molecule has 5 aromatic rings. The molecule has 0 fully saturated rings. The second-order valence-corrected chi connectivity index (χ2v) is 8.77. The van der Waals surface area contributed by atoms with Crippen molar-refractivity contribution >= 4 is 28.4 Å². The smallest absolute Gasteiger partial charge is 0.324 e. The number of rotatable bonds is 6. The van der Waals surface area contributed by atoms with Gasteiger partial charge in [0.1, 0.15) is 11.6 Å². The number of urea groups is 1. The molecule has 2 N–H and O–H groups in total. The van der Waals surface area contributed by atoms with Crippen molar-refractivity contribution in [2.24, 2.45) is 7.05 Å². The Morgan fingerprint density at radius 1 is 1.00 bits per heavy atom. The molecule has 0 saturated heterocycles. The van der Waals surface area contributed by atoms with E-state index < -0.39 is 0 Å². The minimum absolute atomic E-state index is 0.201. The molecular weight excluding hydrogens is 454 g/mol. The molecule has 2 amide bonds. The molecule has 0 unspecified atom stereocenters. The molecule has 5 rings (SSSR count). The van der Waals surface area contributed by atoms with Crippen LogP contribution in [0.25, 0.3) is 27.7 Å². The van der Waals surface area contributed by atoms with Gasteiger partial charge in [0, 0.05) is 42.0 Å². The summed E-state index contributed by atoms with van der Waals surface area (Å²) in [5, 5.41) is 15.9. The van der Waals surface area contributed by atoms with Gasteiger partial charge in [-0.1, -0.05) is 32.0 Å². The van der Waals surface area contributed by atoms with Crippen LogP contribution in [0.2, 0.25) is 0 Å². The fourth-order valence-electron chi connectivity index (χ4n) is 4.01. The van der Waals surface area contributed by atoms with E-state index in [2.05, 4.69) is 34.6 Å². The van der Waals surface area contributed by atoms with Crippen LogP contribution >= 0.6 is 0 Å². The number of nitrogens with zero attached hydrogens (tertiary/aromatic N) is 5. The number of methoxy groups -OCH3 is 1. The summed E-state index contributed by atoms with van der Waals surface area (Å²) in [5.41, 5.74) is 5.26. The summed E-state index contributed by atoms with van der Waals surface area (Å²) in [6.07, 6.45) is 5.46. The summed E-state index contributed by atoms with van der Waals surface area (Å²) in [5.74, 6) is 1.48. The number of ether oxygens (including phenoxy) is 1. The number of pyridine rings is 1. The van der Waals surface area contributed by atoms with E-state index >= 15 is 0 Å². The summed E-state index contributed by atoms with van der Waals surface area (Å²) in [6.45, 7) is 4.12. The number of carbonyl (C=O) groups is 1. The Hall–Kier alpha value is -4.66. The lowest BCUT2D eigenvalue weighted by Crippen LogP contribution is -2.21. The number of carbonyl (C=O) groups excluding carboxylic acids is 1. The number of aromatic nitrogens is 5. The number of benzene rings is 2. The zero-order valence-corrected chi connectivity index (χ0v) is 20.6. The third-order valence-corrected chi connectivity index (χ3v) is 5.99. The average Bonchev–Trinajstić information content (AvgIpc) is 3.48. The van der Waals surface area contributed by atoms with Crippen LogP contribution in [0.5, 0.6) is 5.75 Å².